The lowest BCUT2D eigenvalue weighted by Crippen LogP contribution is -2.28. The molecule has 2 atom stereocenters. The summed E-state index contributed by atoms with van der Waals surface area (Å²) in [6.07, 6.45) is 3.63. The number of hydrogen-bond acceptors (Lipinski definition) is 4. The van der Waals surface area contributed by atoms with Crippen LogP contribution in [0.4, 0.5) is 42.9 Å². The minimum absolute atomic E-state index is 0.352. The van der Waals surface area contributed by atoms with Gasteiger partial charge in [-0.1, -0.05) is 244 Å². The number of benzene rings is 14. The second kappa shape index (κ2) is 24.6. The molecule has 0 heterocycles. The molecular formula is C90H62F2N2O2. The number of anilines is 6. The average Bonchev–Trinajstić information content (AvgIpc) is 1.53. The third kappa shape index (κ3) is 10.1. The molecule has 0 radical (unpaired) electrons. The standard InChI is InChI=1S/C90H62F2N2O2/c1-3-61-31-49-73(50-32-61)95-75-53-39-67(40-54-75)89(65-19-7-5-8-20-65)81-25-13-11-23-77(81)79-57-47-71(59-83(79)89)93(87-29-17-15-27-85(87)91)69-43-35-63(36-44-69)64-37-45-70(46-38-64)94(88-30-18-16-28-86(88)92)72-48-58-80-78-24-12-14-26-82(78)90(84(80)60-72,66-21-9-6-10-22-66)68-41-55-76(56-42-68)96-74-51-33-62(4-2)34-52-74/h3-60H,1-2H2. The van der Waals surface area contributed by atoms with Gasteiger partial charge >= 0.3 is 0 Å². The first-order chi connectivity index (χ1) is 47.3. The summed E-state index contributed by atoms with van der Waals surface area (Å²) in [6.45, 7) is 7.80. The van der Waals surface area contributed by atoms with Crippen LogP contribution in [0, 0.1) is 11.6 Å². The fraction of sp³-hybridized carbons (Fsp3) is 0.0222. The van der Waals surface area contributed by atoms with E-state index >= 15 is 8.78 Å². The monoisotopic (exact) mass is 1240 g/mol. The summed E-state index contributed by atoms with van der Waals surface area (Å²) in [5.74, 6) is 2.20. The Labute approximate surface area is 558 Å². The molecule has 0 aliphatic heterocycles. The molecule has 0 amide bonds. The maximum atomic E-state index is 16.7. The van der Waals surface area contributed by atoms with Crippen LogP contribution in [0.3, 0.4) is 0 Å². The van der Waals surface area contributed by atoms with E-state index in [4.69, 9.17) is 9.47 Å². The molecule has 0 saturated heterocycles. The van der Waals surface area contributed by atoms with Gasteiger partial charge in [-0.2, -0.15) is 0 Å². The zero-order chi connectivity index (χ0) is 64.7. The number of fused-ring (bicyclic) bond motifs is 6. The number of halogens is 2. The molecule has 0 aromatic heterocycles. The highest BCUT2D eigenvalue weighted by molar-refractivity contribution is 5.92. The Morgan fingerprint density at radius 1 is 0.271 bits per heavy atom. The van der Waals surface area contributed by atoms with Gasteiger partial charge in [0.2, 0.25) is 0 Å². The Morgan fingerprint density at radius 2 is 0.573 bits per heavy atom. The summed E-state index contributed by atoms with van der Waals surface area (Å²) < 4.78 is 46.1. The molecule has 4 nitrogen and oxygen atoms in total. The van der Waals surface area contributed by atoms with E-state index in [1.165, 1.54) is 12.1 Å². The van der Waals surface area contributed by atoms with Gasteiger partial charge < -0.3 is 19.3 Å². The quantitative estimate of drug-likeness (QED) is 0.0907. The fourth-order valence-corrected chi connectivity index (χ4v) is 14.7. The highest BCUT2D eigenvalue weighted by Gasteiger charge is 2.48. The minimum atomic E-state index is -0.755. The molecule has 2 aliphatic carbocycles. The van der Waals surface area contributed by atoms with Gasteiger partial charge in [-0.25, -0.2) is 8.78 Å². The summed E-state index contributed by atoms with van der Waals surface area (Å²) in [5.41, 5.74) is 19.7. The van der Waals surface area contributed by atoms with Crippen LogP contribution in [-0.4, -0.2) is 0 Å². The number of rotatable bonds is 17. The van der Waals surface area contributed by atoms with Crippen molar-refractivity contribution in [3.8, 4) is 56.4 Å². The molecule has 0 saturated carbocycles. The van der Waals surface area contributed by atoms with Gasteiger partial charge in [-0.3, -0.25) is 0 Å². The van der Waals surface area contributed by atoms with E-state index < -0.39 is 10.8 Å². The van der Waals surface area contributed by atoms with E-state index in [2.05, 4.69) is 232 Å². The lowest BCUT2D eigenvalue weighted by Gasteiger charge is -2.35. The van der Waals surface area contributed by atoms with Crippen LogP contribution in [0.25, 0.3) is 45.5 Å². The van der Waals surface area contributed by atoms with Crippen LogP contribution in [0.5, 0.6) is 23.0 Å². The Bertz CT molecular complexity index is 4880. The van der Waals surface area contributed by atoms with Crippen molar-refractivity contribution in [2.24, 2.45) is 0 Å². The molecule has 16 rings (SSSR count). The molecule has 0 spiro atoms. The third-order valence-corrected chi connectivity index (χ3v) is 19.0. The van der Waals surface area contributed by atoms with Crippen molar-refractivity contribution >= 4 is 46.3 Å². The van der Waals surface area contributed by atoms with E-state index in [9.17, 15) is 0 Å². The molecule has 96 heavy (non-hydrogen) atoms. The molecule has 0 fully saturated rings. The van der Waals surface area contributed by atoms with Crippen molar-refractivity contribution in [3.05, 3.63) is 420 Å². The first-order valence-electron chi connectivity index (χ1n) is 32.2. The topological polar surface area (TPSA) is 24.9 Å². The van der Waals surface area contributed by atoms with Crippen molar-refractivity contribution in [2.45, 2.75) is 10.8 Å². The van der Waals surface area contributed by atoms with Gasteiger partial charge in [0.15, 0.2) is 0 Å². The smallest absolute Gasteiger partial charge is 0.147 e. The maximum Gasteiger partial charge on any atom is 0.147 e. The SMILES string of the molecule is C=Cc1ccc(Oc2ccc(C3(c4ccccc4)c4ccccc4-c4ccc(N(c5ccc(-c6ccc(N(c7ccc8c(c7)C(c7ccccc7)(c7ccc(Oc9ccc(C=C)cc9)cc7)c7ccccc7-8)c7ccccc7F)cc6)cc5)c5ccccc5F)cc43)cc2)cc1. The lowest BCUT2D eigenvalue weighted by atomic mass is 9.67. The van der Waals surface area contributed by atoms with Crippen LogP contribution >= 0.6 is 0 Å². The Kier molecular flexibility index (Phi) is 15.0. The van der Waals surface area contributed by atoms with E-state index in [-0.39, 0.29) is 11.6 Å². The highest BCUT2D eigenvalue weighted by Crippen LogP contribution is 2.60. The van der Waals surface area contributed by atoms with E-state index in [1.54, 1.807) is 12.1 Å². The summed E-state index contributed by atoms with van der Waals surface area (Å²) in [6, 6.07) is 115. The zero-order valence-corrected chi connectivity index (χ0v) is 52.4. The van der Waals surface area contributed by atoms with Gasteiger partial charge in [-0.15, -0.1) is 0 Å². The normalized spacial score (nSPS) is 14.7. The number of para-hydroxylation sites is 2. The molecule has 14 aromatic rings. The predicted octanol–water partition coefficient (Wildman–Crippen LogP) is 24.2. The van der Waals surface area contributed by atoms with Gasteiger partial charge in [0.25, 0.3) is 0 Å². The largest absolute Gasteiger partial charge is 0.457 e. The van der Waals surface area contributed by atoms with Crippen LogP contribution in [0.1, 0.15) is 55.6 Å². The van der Waals surface area contributed by atoms with Crippen LogP contribution in [0.2, 0.25) is 0 Å². The van der Waals surface area contributed by atoms with Crippen molar-refractivity contribution in [2.75, 3.05) is 9.80 Å². The molecule has 2 unspecified atom stereocenters. The van der Waals surface area contributed by atoms with Crippen molar-refractivity contribution in [3.63, 3.8) is 0 Å². The summed E-state index contributed by atoms with van der Waals surface area (Å²) in [5, 5.41) is 0. The summed E-state index contributed by atoms with van der Waals surface area (Å²) in [7, 11) is 0. The molecular weight excluding hydrogens is 1180 g/mol. The van der Waals surface area contributed by atoms with Gasteiger partial charge in [0.05, 0.1) is 22.2 Å². The minimum Gasteiger partial charge on any atom is -0.457 e. The summed E-state index contributed by atoms with van der Waals surface area (Å²) >= 11 is 0. The number of ether oxygens (including phenoxy) is 2. The number of hydrogen-bond donors (Lipinski definition) is 0. The molecule has 0 bridgehead atoms. The second-order valence-electron chi connectivity index (χ2n) is 24.2. The first kappa shape index (κ1) is 58.7. The highest BCUT2D eigenvalue weighted by atomic mass is 19.1. The van der Waals surface area contributed by atoms with Gasteiger partial charge in [0, 0.05) is 22.7 Å². The van der Waals surface area contributed by atoms with Crippen molar-refractivity contribution < 1.29 is 18.3 Å². The van der Waals surface area contributed by atoms with Crippen LogP contribution in [0.15, 0.2) is 353 Å². The third-order valence-electron chi connectivity index (χ3n) is 19.0. The molecule has 2 aliphatic rings. The lowest BCUT2D eigenvalue weighted by molar-refractivity contribution is 0.482. The molecule has 6 heteroatoms. The Hall–Kier alpha value is -12.4. The number of nitrogens with zero attached hydrogens (tertiary/aromatic N) is 2. The molecule has 0 N–H and O–H groups in total. The van der Waals surface area contributed by atoms with E-state index in [0.29, 0.717) is 22.9 Å². The van der Waals surface area contributed by atoms with Gasteiger partial charge in [0.1, 0.15) is 34.6 Å². The van der Waals surface area contributed by atoms with Crippen LogP contribution in [-0.2, 0) is 10.8 Å². The van der Waals surface area contributed by atoms with Crippen molar-refractivity contribution in [1.82, 2.24) is 0 Å². The zero-order valence-electron chi connectivity index (χ0n) is 52.4. The van der Waals surface area contributed by atoms with E-state index in [1.807, 2.05) is 119 Å². The second-order valence-corrected chi connectivity index (χ2v) is 24.2. The molecule has 14 aromatic carbocycles. The first-order valence-corrected chi connectivity index (χ1v) is 32.2. The fourth-order valence-electron chi connectivity index (χ4n) is 14.7. The molecule has 458 valence electrons. The maximum absolute atomic E-state index is 16.7. The van der Waals surface area contributed by atoms with Crippen molar-refractivity contribution in [1.29, 1.82) is 0 Å². The Balaban J connectivity index is 0.762. The summed E-state index contributed by atoms with van der Waals surface area (Å²) in [4.78, 5) is 4.02. The average molecular weight is 1240 g/mol. The van der Waals surface area contributed by atoms with Crippen LogP contribution < -0.4 is 19.3 Å². The predicted molar refractivity (Wildman–Crippen MR) is 389 cm³/mol. The van der Waals surface area contributed by atoms with Gasteiger partial charge in [-0.05, 0) is 210 Å². The van der Waals surface area contributed by atoms with E-state index in [0.717, 1.165) is 123 Å². The Morgan fingerprint density at radius 3 is 0.938 bits per heavy atom.